The molecule has 5 heteroatoms. The Balaban J connectivity index is 2.86. The van der Waals surface area contributed by atoms with Crippen LogP contribution in [0.4, 0.5) is 0 Å². The van der Waals surface area contributed by atoms with Gasteiger partial charge in [0.05, 0.1) is 7.11 Å². The Labute approximate surface area is 107 Å². The lowest BCUT2D eigenvalue weighted by Crippen LogP contribution is -2.45. The van der Waals surface area contributed by atoms with Crippen LogP contribution in [0.3, 0.4) is 0 Å². The van der Waals surface area contributed by atoms with E-state index < -0.39 is 12.0 Å². The van der Waals surface area contributed by atoms with Crippen molar-refractivity contribution in [1.82, 2.24) is 10.3 Å². The fourth-order valence-corrected chi connectivity index (χ4v) is 1.56. The molecule has 18 heavy (non-hydrogen) atoms. The number of esters is 1. The molecule has 0 fully saturated rings. The van der Waals surface area contributed by atoms with Gasteiger partial charge in [0.25, 0.3) is 5.91 Å². The summed E-state index contributed by atoms with van der Waals surface area (Å²) in [5.41, 5.74) is 1.09. The van der Waals surface area contributed by atoms with Gasteiger partial charge in [0, 0.05) is 6.20 Å². The quantitative estimate of drug-likeness (QED) is 0.818. The number of carbonyl (C=O) groups is 2. The normalized spacial score (nSPS) is 12.1. The van der Waals surface area contributed by atoms with Crippen LogP contribution in [0.15, 0.2) is 18.3 Å². The van der Waals surface area contributed by atoms with E-state index in [1.54, 1.807) is 25.3 Å². The second kappa shape index (κ2) is 6.14. The highest BCUT2D eigenvalue weighted by molar-refractivity contribution is 5.96. The maximum atomic E-state index is 12.0. The van der Waals surface area contributed by atoms with Crippen molar-refractivity contribution in [2.45, 2.75) is 26.8 Å². The number of aromatic nitrogens is 1. The van der Waals surface area contributed by atoms with Gasteiger partial charge in [-0.2, -0.15) is 0 Å². The van der Waals surface area contributed by atoms with Gasteiger partial charge in [-0.3, -0.25) is 9.78 Å². The third kappa shape index (κ3) is 3.29. The predicted octanol–water partition coefficient (Wildman–Crippen LogP) is 1.32. The van der Waals surface area contributed by atoms with Crippen LogP contribution in [0.1, 0.15) is 29.9 Å². The van der Waals surface area contributed by atoms with Gasteiger partial charge in [-0.1, -0.05) is 19.9 Å². The van der Waals surface area contributed by atoms with Crippen molar-refractivity contribution in [2.24, 2.45) is 5.92 Å². The Morgan fingerprint density at radius 1 is 1.39 bits per heavy atom. The average Bonchev–Trinajstić information content (AvgIpc) is 2.35. The van der Waals surface area contributed by atoms with Crippen LogP contribution in [-0.2, 0) is 9.53 Å². The minimum absolute atomic E-state index is 0.0505. The van der Waals surface area contributed by atoms with Crippen LogP contribution in [0.5, 0.6) is 0 Å². The van der Waals surface area contributed by atoms with Crippen molar-refractivity contribution in [2.75, 3.05) is 7.11 Å². The van der Waals surface area contributed by atoms with Gasteiger partial charge >= 0.3 is 5.97 Å². The number of ether oxygens (including phenoxy) is 1. The van der Waals surface area contributed by atoms with Crippen molar-refractivity contribution < 1.29 is 14.3 Å². The Bertz CT molecular complexity index is 444. The minimum atomic E-state index is -0.663. The fraction of sp³-hybridized carbons (Fsp3) is 0.462. The molecule has 0 aliphatic heterocycles. The second-order valence-electron chi connectivity index (χ2n) is 4.39. The smallest absolute Gasteiger partial charge is 0.328 e. The molecule has 0 radical (unpaired) electrons. The summed E-state index contributed by atoms with van der Waals surface area (Å²) in [5.74, 6) is -0.866. The summed E-state index contributed by atoms with van der Waals surface area (Å²) in [6.07, 6.45) is 1.55. The van der Waals surface area contributed by atoms with Crippen molar-refractivity contribution in [1.29, 1.82) is 0 Å². The Morgan fingerprint density at radius 2 is 2.06 bits per heavy atom. The number of aryl methyl sites for hydroxylation is 1. The summed E-state index contributed by atoms with van der Waals surface area (Å²) in [7, 11) is 1.30. The van der Waals surface area contributed by atoms with Crippen LogP contribution in [0, 0.1) is 12.8 Å². The highest BCUT2D eigenvalue weighted by Gasteiger charge is 2.26. The molecule has 98 valence electrons. The number of amides is 1. The van der Waals surface area contributed by atoms with Crippen LogP contribution in [0.25, 0.3) is 0 Å². The van der Waals surface area contributed by atoms with Gasteiger partial charge in [0.2, 0.25) is 0 Å². The number of nitrogens with one attached hydrogen (secondary N) is 1. The van der Waals surface area contributed by atoms with Crippen LogP contribution >= 0.6 is 0 Å². The topological polar surface area (TPSA) is 68.3 Å². The second-order valence-corrected chi connectivity index (χ2v) is 4.39. The first-order valence-corrected chi connectivity index (χ1v) is 5.77. The first kappa shape index (κ1) is 14.2. The SMILES string of the molecule is COC(=O)C(NC(=O)c1ncccc1C)C(C)C. The van der Waals surface area contributed by atoms with E-state index >= 15 is 0 Å². The molecule has 0 aliphatic carbocycles. The molecule has 0 spiro atoms. The predicted molar refractivity (Wildman–Crippen MR) is 67.1 cm³/mol. The van der Waals surface area contributed by atoms with E-state index in [-0.39, 0.29) is 11.8 Å². The number of pyridine rings is 1. The molecule has 1 heterocycles. The standard InChI is InChI=1S/C13H18N2O3/c1-8(2)10(13(17)18-4)15-12(16)11-9(3)6-5-7-14-11/h5-8,10H,1-4H3,(H,15,16). The highest BCUT2D eigenvalue weighted by Crippen LogP contribution is 2.07. The van der Waals surface area contributed by atoms with Gasteiger partial charge in [-0.15, -0.1) is 0 Å². The summed E-state index contributed by atoms with van der Waals surface area (Å²) >= 11 is 0. The largest absolute Gasteiger partial charge is 0.467 e. The third-order valence-corrected chi connectivity index (χ3v) is 2.63. The number of rotatable bonds is 4. The molecule has 0 saturated carbocycles. The van der Waals surface area contributed by atoms with Gasteiger partial charge in [0.1, 0.15) is 11.7 Å². The molecule has 1 atom stereocenters. The van der Waals surface area contributed by atoms with Crippen LogP contribution in [0.2, 0.25) is 0 Å². The third-order valence-electron chi connectivity index (χ3n) is 2.63. The summed E-state index contributed by atoms with van der Waals surface area (Å²) < 4.78 is 4.67. The minimum Gasteiger partial charge on any atom is -0.467 e. The van der Waals surface area contributed by atoms with E-state index in [0.29, 0.717) is 5.69 Å². The highest BCUT2D eigenvalue weighted by atomic mass is 16.5. The van der Waals surface area contributed by atoms with Gasteiger partial charge in [-0.25, -0.2) is 4.79 Å². The van der Waals surface area contributed by atoms with Crippen molar-refractivity contribution in [3.05, 3.63) is 29.6 Å². The summed E-state index contributed by atoms with van der Waals surface area (Å²) in [4.78, 5) is 27.6. The lowest BCUT2D eigenvalue weighted by Gasteiger charge is -2.19. The van der Waals surface area contributed by atoms with Gasteiger partial charge in [-0.05, 0) is 24.5 Å². The summed E-state index contributed by atoms with van der Waals surface area (Å²) in [6, 6.07) is 2.89. The van der Waals surface area contributed by atoms with Gasteiger partial charge in [0.15, 0.2) is 0 Å². The van der Waals surface area contributed by atoms with E-state index in [9.17, 15) is 9.59 Å². The summed E-state index contributed by atoms with van der Waals surface area (Å²) in [5, 5.41) is 2.65. The van der Waals surface area contributed by atoms with E-state index in [2.05, 4.69) is 15.0 Å². The number of hydrogen-bond donors (Lipinski definition) is 1. The molecular weight excluding hydrogens is 232 g/mol. The molecule has 0 saturated heterocycles. The van der Waals surface area contributed by atoms with E-state index in [1.807, 2.05) is 13.8 Å². The number of nitrogens with zero attached hydrogens (tertiary/aromatic N) is 1. The zero-order valence-electron chi connectivity index (χ0n) is 11.1. The first-order chi connectivity index (χ1) is 8.47. The van der Waals surface area contributed by atoms with Crippen molar-refractivity contribution in [3.63, 3.8) is 0 Å². The number of hydrogen-bond acceptors (Lipinski definition) is 4. The van der Waals surface area contributed by atoms with Crippen molar-refractivity contribution >= 4 is 11.9 Å². The molecule has 0 bridgehead atoms. The summed E-state index contributed by atoms with van der Waals surface area (Å²) in [6.45, 7) is 5.48. The van der Waals surface area contributed by atoms with E-state index in [4.69, 9.17) is 0 Å². The Hall–Kier alpha value is -1.91. The molecule has 1 aromatic rings. The molecule has 0 aliphatic rings. The lowest BCUT2D eigenvalue weighted by molar-refractivity contribution is -0.144. The fourth-order valence-electron chi connectivity index (χ4n) is 1.56. The zero-order chi connectivity index (χ0) is 13.7. The number of carbonyl (C=O) groups excluding carboxylic acids is 2. The molecule has 0 aromatic carbocycles. The van der Waals surface area contributed by atoms with E-state index in [1.165, 1.54) is 7.11 Å². The van der Waals surface area contributed by atoms with Gasteiger partial charge < -0.3 is 10.1 Å². The molecule has 1 unspecified atom stereocenters. The lowest BCUT2D eigenvalue weighted by atomic mass is 10.0. The van der Waals surface area contributed by atoms with E-state index in [0.717, 1.165) is 5.56 Å². The molecular formula is C13H18N2O3. The van der Waals surface area contributed by atoms with Crippen LogP contribution < -0.4 is 5.32 Å². The van der Waals surface area contributed by atoms with Crippen molar-refractivity contribution in [3.8, 4) is 0 Å². The Kier molecular flexibility index (Phi) is 4.83. The number of methoxy groups -OCH3 is 1. The Morgan fingerprint density at radius 3 is 2.56 bits per heavy atom. The monoisotopic (exact) mass is 250 g/mol. The van der Waals surface area contributed by atoms with Crippen LogP contribution in [-0.4, -0.2) is 30.0 Å². The molecule has 5 nitrogen and oxygen atoms in total. The molecule has 1 rings (SSSR count). The molecule has 1 amide bonds. The maximum Gasteiger partial charge on any atom is 0.328 e. The first-order valence-electron chi connectivity index (χ1n) is 5.77. The maximum absolute atomic E-state index is 12.0. The average molecular weight is 250 g/mol. The zero-order valence-corrected chi connectivity index (χ0v) is 11.1. The molecule has 1 aromatic heterocycles. The molecule has 1 N–H and O–H groups in total.